The second-order valence-corrected chi connectivity index (χ2v) is 11.9. The minimum Gasteiger partial charge on any atom is -0.505 e. The summed E-state index contributed by atoms with van der Waals surface area (Å²) < 4.78 is 64.1. The summed E-state index contributed by atoms with van der Waals surface area (Å²) in [6.45, 7) is 19.3. The molecule has 2 saturated heterocycles. The average Bonchev–Trinajstić information content (AvgIpc) is 3.73. The molecule has 2 atom stereocenters. The molecule has 2 fully saturated rings. The molecule has 0 bridgehead atoms. The molecule has 2 aliphatic rings. The smallest absolute Gasteiger partial charge is 0.318 e. The minimum absolute atomic E-state index is 0.0174. The SMILES string of the molecule is C#C/C(=C/C)c1c(-c2c(F)cc3c(NCCNCCC)nc(OC)nc3c2F)cc(O)c(F)c1C=C.CC.CCCC.FC1CC2CCCN2C1. The quantitative estimate of drug-likeness (QED) is 0.104. The average molecular weight is 714 g/mol. The highest BCUT2D eigenvalue weighted by Crippen LogP contribution is 2.42. The Morgan fingerprint density at radius 3 is 2.37 bits per heavy atom. The van der Waals surface area contributed by atoms with Crippen LogP contribution in [-0.4, -0.2) is 72.0 Å². The normalized spacial score (nSPS) is 16.5. The molecule has 0 spiro atoms. The van der Waals surface area contributed by atoms with Gasteiger partial charge in [-0.1, -0.05) is 72.1 Å². The molecule has 2 aromatic carbocycles. The molecule has 0 aliphatic carbocycles. The summed E-state index contributed by atoms with van der Waals surface area (Å²) in [5, 5.41) is 16.6. The van der Waals surface area contributed by atoms with Crippen LogP contribution in [0.4, 0.5) is 23.4 Å². The fourth-order valence-corrected chi connectivity index (χ4v) is 5.89. The number of hydrogen-bond acceptors (Lipinski definition) is 7. The van der Waals surface area contributed by atoms with Crippen LogP contribution in [0.25, 0.3) is 33.7 Å². The Morgan fingerprint density at radius 1 is 1.10 bits per heavy atom. The Bertz CT molecular complexity index is 1640. The lowest BCUT2D eigenvalue weighted by Gasteiger charge is -2.18. The molecule has 2 aliphatic heterocycles. The Labute approximate surface area is 301 Å². The first-order chi connectivity index (χ1) is 24.6. The number of benzene rings is 2. The van der Waals surface area contributed by atoms with Crippen molar-refractivity contribution < 1.29 is 27.4 Å². The molecule has 51 heavy (non-hydrogen) atoms. The lowest BCUT2D eigenvalue weighted by atomic mass is 9.88. The number of nitrogens with zero attached hydrogens (tertiary/aromatic N) is 3. The van der Waals surface area contributed by atoms with Crippen LogP contribution in [-0.2, 0) is 0 Å². The van der Waals surface area contributed by atoms with Crippen molar-refractivity contribution in [2.45, 2.75) is 92.3 Å². The molecule has 2 unspecified atom stereocenters. The Balaban J connectivity index is 0.000000495. The monoisotopic (exact) mass is 713 g/mol. The highest BCUT2D eigenvalue weighted by molar-refractivity contribution is 5.98. The zero-order chi connectivity index (χ0) is 38.1. The number of phenolic OH excluding ortho intramolecular Hbond substituents is 1. The van der Waals surface area contributed by atoms with Gasteiger partial charge in [-0.3, -0.25) is 4.90 Å². The number of methoxy groups -OCH3 is 1. The fraction of sp³-hybridized carbons (Fsp3) is 0.500. The molecule has 1 aromatic heterocycles. The van der Waals surface area contributed by atoms with E-state index in [1.165, 1.54) is 38.9 Å². The van der Waals surface area contributed by atoms with Crippen LogP contribution < -0.4 is 15.4 Å². The van der Waals surface area contributed by atoms with Gasteiger partial charge in [0.25, 0.3) is 0 Å². The Hall–Kier alpha value is -4.14. The van der Waals surface area contributed by atoms with Crippen LogP contribution >= 0.6 is 0 Å². The van der Waals surface area contributed by atoms with Gasteiger partial charge in [0.2, 0.25) is 0 Å². The van der Waals surface area contributed by atoms with Crippen LogP contribution in [0.5, 0.6) is 11.8 Å². The molecule has 0 amide bonds. The highest BCUT2D eigenvalue weighted by atomic mass is 19.1. The number of allylic oxidation sites excluding steroid dienone is 2. The van der Waals surface area contributed by atoms with Crippen molar-refractivity contribution >= 4 is 28.4 Å². The van der Waals surface area contributed by atoms with E-state index in [9.17, 15) is 13.9 Å². The van der Waals surface area contributed by atoms with E-state index in [1.807, 2.05) is 20.8 Å². The number of anilines is 1. The molecule has 3 aromatic rings. The zero-order valence-corrected chi connectivity index (χ0v) is 31.2. The van der Waals surface area contributed by atoms with Crippen molar-refractivity contribution in [1.82, 2.24) is 20.2 Å². The fourth-order valence-electron chi connectivity index (χ4n) is 5.89. The summed E-state index contributed by atoms with van der Waals surface area (Å²) in [4.78, 5) is 10.6. The highest BCUT2D eigenvalue weighted by Gasteiger charge is 2.34. The summed E-state index contributed by atoms with van der Waals surface area (Å²) in [7, 11) is 1.33. The van der Waals surface area contributed by atoms with Gasteiger partial charge in [-0.2, -0.15) is 9.97 Å². The lowest BCUT2D eigenvalue weighted by Crippen LogP contribution is -2.23. The van der Waals surface area contributed by atoms with Gasteiger partial charge in [-0.25, -0.2) is 17.6 Å². The third kappa shape index (κ3) is 10.9. The summed E-state index contributed by atoms with van der Waals surface area (Å²) in [6, 6.07) is 2.50. The molecular formula is C40H55F4N5O2. The maximum absolute atomic E-state index is 16.0. The maximum Gasteiger partial charge on any atom is 0.318 e. The third-order valence-electron chi connectivity index (χ3n) is 8.49. The van der Waals surface area contributed by atoms with Crippen molar-refractivity contribution in [2.24, 2.45) is 0 Å². The van der Waals surface area contributed by atoms with E-state index in [-0.39, 0.29) is 45.0 Å². The summed E-state index contributed by atoms with van der Waals surface area (Å²) in [5.41, 5.74) is -0.912. The number of ether oxygens (including phenoxy) is 1. The largest absolute Gasteiger partial charge is 0.505 e. The minimum atomic E-state index is -1.05. The van der Waals surface area contributed by atoms with E-state index in [4.69, 9.17) is 11.2 Å². The second kappa shape index (κ2) is 21.9. The predicted molar refractivity (Wildman–Crippen MR) is 203 cm³/mol. The van der Waals surface area contributed by atoms with Crippen molar-refractivity contribution in [3.63, 3.8) is 0 Å². The van der Waals surface area contributed by atoms with Crippen molar-refractivity contribution in [1.29, 1.82) is 0 Å². The Morgan fingerprint density at radius 2 is 1.80 bits per heavy atom. The molecule has 7 nitrogen and oxygen atoms in total. The van der Waals surface area contributed by atoms with Gasteiger partial charge >= 0.3 is 6.01 Å². The second-order valence-electron chi connectivity index (χ2n) is 11.9. The summed E-state index contributed by atoms with van der Waals surface area (Å²) in [6.07, 6.45) is 14.6. The first kappa shape index (κ1) is 43.0. The van der Waals surface area contributed by atoms with E-state index in [1.54, 1.807) is 6.92 Å². The maximum atomic E-state index is 16.0. The van der Waals surface area contributed by atoms with Crippen LogP contribution in [0.15, 0.2) is 24.8 Å². The van der Waals surface area contributed by atoms with E-state index in [0.717, 1.165) is 44.1 Å². The first-order valence-corrected chi connectivity index (χ1v) is 18.0. The van der Waals surface area contributed by atoms with E-state index >= 15 is 8.78 Å². The van der Waals surface area contributed by atoms with Gasteiger partial charge in [0.1, 0.15) is 23.3 Å². The number of aromatic nitrogens is 2. The van der Waals surface area contributed by atoms with E-state index < -0.39 is 34.9 Å². The standard InChI is InChI=1S/C27H27F3N4O2.C7H12FN.C4H10.C2H6/c1-6-10-31-11-12-32-26-18-13-19(28)22(24(30)25(18)33-27(34-26)36-5)17-14-20(35)23(29)16(9-4)21(17)15(7-2)8-3;8-6-4-7-2-1-3-9(7)5-6;1-3-4-2;1-2/h2,8-9,13-14,31,35H,4,6,10-12H2,1,3,5H3,(H,32,33,34);6-7H,1-5H2;3-4H2,1-2H3;1-2H3/b15-8-;;;. The number of rotatable bonds is 11. The molecular weight excluding hydrogens is 658 g/mol. The number of alkyl halides is 1. The number of unbranched alkanes of at least 4 members (excludes halogenated alkanes) is 1. The van der Waals surface area contributed by atoms with Crippen LogP contribution in [0, 0.1) is 29.8 Å². The molecule has 0 radical (unpaired) electrons. The number of hydrogen-bond donors (Lipinski definition) is 3. The van der Waals surface area contributed by atoms with Gasteiger partial charge in [-0.15, -0.1) is 6.42 Å². The van der Waals surface area contributed by atoms with Crippen LogP contribution in [0.2, 0.25) is 0 Å². The topological polar surface area (TPSA) is 82.5 Å². The van der Waals surface area contributed by atoms with Crippen molar-refractivity contribution in [3.05, 3.63) is 53.4 Å². The summed E-state index contributed by atoms with van der Waals surface area (Å²) in [5.74, 6) is -1.25. The van der Waals surface area contributed by atoms with Crippen LogP contribution in [0.3, 0.4) is 0 Å². The van der Waals surface area contributed by atoms with E-state index in [2.05, 4.69) is 51.8 Å². The predicted octanol–water partition coefficient (Wildman–Crippen LogP) is 9.54. The third-order valence-corrected chi connectivity index (χ3v) is 8.49. The molecule has 280 valence electrons. The number of halogens is 4. The first-order valence-electron chi connectivity index (χ1n) is 18.0. The molecule has 3 heterocycles. The van der Waals surface area contributed by atoms with Crippen molar-refractivity contribution in [2.75, 3.05) is 45.2 Å². The van der Waals surface area contributed by atoms with Crippen molar-refractivity contribution in [3.8, 4) is 35.2 Å². The molecule has 3 N–H and O–H groups in total. The van der Waals surface area contributed by atoms with Gasteiger partial charge in [0, 0.05) is 53.3 Å². The van der Waals surface area contributed by atoms with Gasteiger partial charge in [0.05, 0.1) is 12.7 Å². The number of nitrogens with one attached hydrogen (secondary N) is 2. The number of terminal acetylenes is 1. The van der Waals surface area contributed by atoms with Crippen LogP contribution in [0.1, 0.15) is 91.2 Å². The van der Waals surface area contributed by atoms with Gasteiger partial charge in [-0.05, 0) is 57.8 Å². The number of fused-ring (bicyclic) bond motifs is 2. The molecule has 5 rings (SSSR count). The number of phenols is 1. The summed E-state index contributed by atoms with van der Waals surface area (Å²) >= 11 is 0. The van der Waals surface area contributed by atoms with Gasteiger partial charge < -0.3 is 20.5 Å². The lowest BCUT2D eigenvalue weighted by molar-refractivity contribution is 0.292. The molecule has 0 saturated carbocycles. The van der Waals surface area contributed by atoms with Gasteiger partial charge in [0.15, 0.2) is 17.4 Å². The molecule has 11 heteroatoms. The number of aromatic hydroxyl groups is 1. The zero-order valence-electron chi connectivity index (χ0n) is 31.2. The van der Waals surface area contributed by atoms with E-state index in [0.29, 0.717) is 25.7 Å². The Kier molecular flexibility index (Phi) is 18.5.